The molecule has 1 aromatic heterocycles. The Labute approximate surface area is 144 Å². The highest BCUT2D eigenvalue weighted by molar-refractivity contribution is 5.89. The Morgan fingerprint density at radius 1 is 1.52 bits per heavy atom. The average Bonchev–Trinajstić information content (AvgIpc) is 3.28. The second kappa shape index (κ2) is 7.36. The predicted molar refractivity (Wildman–Crippen MR) is 88.1 cm³/mol. The van der Waals surface area contributed by atoms with Gasteiger partial charge in [-0.3, -0.25) is 0 Å². The summed E-state index contributed by atoms with van der Waals surface area (Å²) in [4.78, 5) is 14.2. The first-order valence-corrected chi connectivity index (χ1v) is 8.07. The maximum atomic E-state index is 13.4. The van der Waals surface area contributed by atoms with Crippen LogP contribution in [0.25, 0.3) is 0 Å². The SMILES string of the molecule is N#Cc1cc(NC(=O)N2CCCC2CC(O)c2ccco2)ccc1F. The summed E-state index contributed by atoms with van der Waals surface area (Å²) < 4.78 is 18.6. The van der Waals surface area contributed by atoms with Crippen LogP contribution in [0.3, 0.4) is 0 Å². The minimum Gasteiger partial charge on any atom is -0.467 e. The van der Waals surface area contributed by atoms with E-state index in [9.17, 15) is 14.3 Å². The van der Waals surface area contributed by atoms with Gasteiger partial charge in [0.1, 0.15) is 23.8 Å². The van der Waals surface area contributed by atoms with Crippen LogP contribution in [0.5, 0.6) is 0 Å². The number of aliphatic hydroxyl groups excluding tert-OH is 1. The van der Waals surface area contributed by atoms with Gasteiger partial charge in [-0.1, -0.05) is 0 Å². The molecule has 1 fully saturated rings. The molecule has 1 aliphatic heterocycles. The summed E-state index contributed by atoms with van der Waals surface area (Å²) in [5.41, 5.74) is 0.240. The van der Waals surface area contributed by atoms with Crippen molar-refractivity contribution in [2.45, 2.75) is 31.4 Å². The van der Waals surface area contributed by atoms with Crippen LogP contribution in [0, 0.1) is 17.1 Å². The summed E-state index contributed by atoms with van der Waals surface area (Å²) in [7, 11) is 0. The van der Waals surface area contributed by atoms with Gasteiger partial charge in [-0.25, -0.2) is 9.18 Å². The number of urea groups is 1. The van der Waals surface area contributed by atoms with E-state index in [4.69, 9.17) is 9.68 Å². The van der Waals surface area contributed by atoms with Crippen LogP contribution < -0.4 is 5.32 Å². The first-order chi connectivity index (χ1) is 12.1. The standard InChI is InChI=1S/C18H18FN3O3/c19-15-6-5-13(9-12(15)11-20)21-18(24)22-7-1-3-14(22)10-16(23)17-4-2-8-25-17/h2,4-6,8-9,14,16,23H,1,3,7,10H2,(H,21,24). The molecule has 6 nitrogen and oxygen atoms in total. The molecule has 2 unspecified atom stereocenters. The molecule has 2 N–H and O–H groups in total. The Balaban J connectivity index is 1.65. The monoisotopic (exact) mass is 343 g/mol. The zero-order valence-corrected chi connectivity index (χ0v) is 13.5. The number of anilines is 1. The van der Waals surface area contributed by atoms with Gasteiger partial charge in [-0.15, -0.1) is 0 Å². The Morgan fingerprint density at radius 3 is 3.08 bits per heavy atom. The number of amides is 2. The van der Waals surface area contributed by atoms with Gasteiger partial charge in [0.25, 0.3) is 0 Å². The van der Waals surface area contributed by atoms with Crippen LogP contribution in [-0.2, 0) is 0 Å². The number of benzene rings is 1. The molecule has 7 heteroatoms. The molecule has 3 rings (SSSR count). The fourth-order valence-corrected chi connectivity index (χ4v) is 3.09. The van der Waals surface area contributed by atoms with Crippen molar-refractivity contribution >= 4 is 11.7 Å². The van der Waals surface area contributed by atoms with Gasteiger partial charge in [0, 0.05) is 24.7 Å². The van der Waals surface area contributed by atoms with Crippen LogP contribution in [0.15, 0.2) is 41.0 Å². The molecule has 1 aromatic carbocycles. The first-order valence-electron chi connectivity index (χ1n) is 8.07. The Bertz CT molecular complexity index is 785. The highest BCUT2D eigenvalue weighted by Crippen LogP contribution is 2.28. The summed E-state index contributed by atoms with van der Waals surface area (Å²) in [6.07, 6.45) is 2.74. The van der Waals surface area contributed by atoms with Crippen molar-refractivity contribution in [1.82, 2.24) is 4.90 Å². The maximum absolute atomic E-state index is 13.4. The second-order valence-corrected chi connectivity index (χ2v) is 5.99. The van der Waals surface area contributed by atoms with Crippen molar-refractivity contribution in [3.8, 4) is 6.07 Å². The van der Waals surface area contributed by atoms with E-state index < -0.39 is 11.9 Å². The van der Waals surface area contributed by atoms with Crippen molar-refractivity contribution in [2.75, 3.05) is 11.9 Å². The van der Waals surface area contributed by atoms with Crippen LogP contribution in [0.1, 0.15) is 36.7 Å². The molecular weight excluding hydrogens is 325 g/mol. The fraction of sp³-hybridized carbons (Fsp3) is 0.333. The maximum Gasteiger partial charge on any atom is 0.322 e. The molecule has 0 spiro atoms. The van der Waals surface area contributed by atoms with Crippen molar-refractivity contribution in [2.24, 2.45) is 0 Å². The number of likely N-dealkylation sites (tertiary alicyclic amines) is 1. The largest absolute Gasteiger partial charge is 0.467 e. The molecule has 1 saturated heterocycles. The third-order valence-electron chi connectivity index (χ3n) is 4.34. The fourth-order valence-electron chi connectivity index (χ4n) is 3.09. The van der Waals surface area contributed by atoms with Gasteiger partial charge < -0.3 is 19.7 Å². The van der Waals surface area contributed by atoms with E-state index in [0.717, 1.165) is 18.9 Å². The summed E-state index contributed by atoms with van der Waals surface area (Å²) in [6.45, 7) is 0.577. The van der Waals surface area contributed by atoms with Gasteiger partial charge >= 0.3 is 6.03 Å². The lowest BCUT2D eigenvalue weighted by Gasteiger charge is -2.26. The number of carbonyl (C=O) groups excluding carboxylic acids is 1. The third-order valence-corrected chi connectivity index (χ3v) is 4.34. The number of halogens is 1. The number of hydrogen-bond donors (Lipinski definition) is 2. The van der Waals surface area contributed by atoms with Gasteiger partial charge in [0.15, 0.2) is 0 Å². The Morgan fingerprint density at radius 2 is 2.36 bits per heavy atom. The van der Waals surface area contributed by atoms with Crippen molar-refractivity contribution < 1.29 is 18.7 Å². The molecule has 0 bridgehead atoms. The molecule has 2 atom stereocenters. The van der Waals surface area contributed by atoms with Gasteiger partial charge in [-0.2, -0.15) is 5.26 Å². The number of carbonyl (C=O) groups is 1. The smallest absolute Gasteiger partial charge is 0.322 e. The number of hydrogen-bond acceptors (Lipinski definition) is 4. The lowest BCUT2D eigenvalue weighted by molar-refractivity contribution is 0.110. The van der Waals surface area contributed by atoms with E-state index >= 15 is 0 Å². The van der Waals surface area contributed by atoms with Gasteiger partial charge in [0.05, 0.1) is 11.8 Å². The van der Waals surface area contributed by atoms with Crippen LogP contribution in [-0.4, -0.2) is 28.6 Å². The number of nitrogens with one attached hydrogen (secondary N) is 1. The van der Waals surface area contributed by atoms with Crippen LogP contribution in [0.2, 0.25) is 0 Å². The van der Waals surface area contributed by atoms with E-state index in [0.29, 0.717) is 24.4 Å². The lowest BCUT2D eigenvalue weighted by atomic mass is 10.1. The number of aliphatic hydroxyl groups is 1. The van der Waals surface area contributed by atoms with Gasteiger partial charge in [0.2, 0.25) is 0 Å². The molecule has 1 aliphatic rings. The number of nitrogens with zero attached hydrogens (tertiary/aromatic N) is 2. The van der Waals surface area contributed by atoms with E-state index in [-0.39, 0.29) is 17.6 Å². The van der Waals surface area contributed by atoms with Crippen LogP contribution in [0.4, 0.5) is 14.9 Å². The molecular formula is C18H18FN3O3. The summed E-state index contributed by atoms with van der Waals surface area (Å²) in [5, 5.41) is 21.8. The zero-order valence-electron chi connectivity index (χ0n) is 13.5. The molecule has 25 heavy (non-hydrogen) atoms. The Kier molecular flexibility index (Phi) is 5.00. The number of furan rings is 1. The topological polar surface area (TPSA) is 89.5 Å². The highest BCUT2D eigenvalue weighted by atomic mass is 19.1. The molecule has 2 amide bonds. The van der Waals surface area contributed by atoms with Crippen molar-refractivity contribution in [3.05, 3.63) is 53.7 Å². The third kappa shape index (κ3) is 3.80. The molecule has 2 aromatic rings. The molecule has 0 saturated carbocycles. The van der Waals surface area contributed by atoms with E-state index in [1.807, 2.05) is 0 Å². The minimum absolute atomic E-state index is 0.115. The van der Waals surface area contributed by atoms with Crippen molar-refractivity contribution in [3.63, 3.8) is 0 Å². The van der Waals surface area contributed by atoms with Crippen molar-refractivity contribution in [1.29, 1.82) is 5.26 Å². The highest BCUT2D eigenvalue weighted by Gasteiger charge is 2.31. The lowest BCUT2D eigenvalue weighted by Crippen LogP contribution is -2.39. The van der Waals surface area contributed by atoms with Gasteiger partial charge in [-0.05, 0) is 43.2 Å². The first kappa shape index (κ1) is 17.0. The van der Waals surface area contributed by atoms with E-state index in [1.54, 1.807) is 23.1 Å². The van der Waals surface area contributed by atoms with Crippen LogP contribution >= 0.6 is 0 Å². The molecule has 0 radical (unpaired) electrons. The van der Waals surface area contributed by atoms with E-state index in [2.05, 4.69) is 5.32 Å². The normalized spacial score (nSPS) is 18.0. The quantitative estimate of drug-likeness (QED) is 0.890. The predicted octanol–water partition coefficient (Wildman–Crippen LogP) is 3.41. The molecule has 2 heterocycles. The summed E-state index contributed by atoms with van der Waals surface area (Å²) in [5.74, 6) is -0.148. The zero-order chi connectivity index (χ0) is 17.8. The Hall–Kier alpha value is -2.85. The van der Waals surface area contributed by atoms with E-state index in [1.165, 1.54) is 18.4 Å². The molecule has 0 aliphatic carbocycles. The summed E-state index contributed by atoms with van der Waals surface area (Å²) >= 11 is 0. The number of nitriles is 1. The summed E-state index contributed by atoms with van der Waals surface area (Å²) in [6, 6.07) is 8.57. The second-order valence-electron chi connectivity index (χ2n) is 5.99. The minimum atomic E-state index is -0.774. The average molecular weight is 343 g/mol. The molecule has 130 valence electrons. The number of rotatable bonds is 4.